The highest BCUT2D eigenvalue weighted by Crippen LogP contribution is 2.37. The SMILES string of the molecule is O=C(NCC1Cc2cccc(-c3ccccn3)c2O1)c1ccc(Cl)cc1. The number of halogens is 1. The van der Waals surface area contributed by atoms with Crippen molar-refractivity contribution in [2.45, 2.75) is 12.5 Å². The van der Waals surface area contributed by atoms with E-state index < -0.39 is 0 Å². The number of fused-ring (bicyclic) bond motifs is 1. The summed E-state index contributed by atoms with van der Waals surface area (Å²) in [4.78, 5) is 16.7. The van der Waals surface area contributed by atoms with Gasteiger partial charge in [-0.2, -0.15) is 0 Å². The van der Waals surface area contributed by atoms with Crippen LogP contribution in [0.25, 0.3) is 11.3 Å². The van der Waals surface area contributed by atoms with Gasteiger partial charge in [-0.3, -0.25) is 9.78 Å². The Morgan fingerprint density at radius 2 is 1.96 bits per heavy atom. The summed E-state index contributed by atoms with van der Waals surface area (Å²) in [7, 11) is 0. The zero-order chi connectivity index (χ0) is 17.9. The average molecular weight is 365 g/mol. The molecule has 1 aromatic heterocycles. The van der Waals surface area contributed by atoms with Crippen molar-refractivity contribution in [3.63, 3.8) is 0 Å². The van der Waals surface area contributed by atoms with Gasteiger partial charge >= 0.3 is 0 Å². The molecule has 2 aromatic carbocycles. The molecule has 1 aliphatic rings. The number of nitrogens with one attached hydrogen (secondary N) is 1. The van der Waals surface area contributed by atoms with Crippen LogP contribution < -0.4 is 10.1 Å². The lowest BCUT2D eigenvalue weighted by Crippen LogP contribution is -2.34. The summed E-state index contributed by atoms with van der Waals surface area (Å²) < 4.78 is 6.12. The van der Waals surface area contributed by atoms with Gasteiger partial charge in [0.05, 0.1) is 12.2 Å². The van der Waals surface area contributed by atoms with Crippen LogP contribution in [0.3, 0.4) is 0 Å². The highest BCUT2D eigenvalue weighted by molar-refractivity contribution is 6.30. The number of aromatic nitrogens is 1. The van der Waals surface area contributed by atoms with Gasteiger partial charge in [-0.15, -0.1) is 0 Å². The van der Waals surface area contributed by atoms with Gasteiger partial charge in [-0.25, -0.2) is 0 Å². The lowest BCUT2D eigenvalue weighted by molar-refractivity contribution is 0.0933. The van der Waals surface area contributed by atoms with Crippen LogP contribution in [-0.2, 0) is 6.42 Å². The Balaban J connectivity index is 1.44. The van der Waals surface area contributed by atoms with Crippen molar-refractivity contribution in [3.8, 4) is 17.0 Å². The van der Waals surface area contributed by atoms with Crippen LogP contribution in [0, 0.1) is 0 Å². The number of ether oxygens (including phenoxy) is 1. The first-order valence-corrected chi connectivity index (χ1v) is 8.82. The molecule has 3 aromatic rings. The lowest BCUT2D eigenvalue weighted by atomic mass is 10.0. The van der Waals surface area contributed by atoms with E-state index in [1.807, 2.05) is 30.3 Å². The van der Waals surface area contributed by atoms with Gasteiger partial charge in [0.2, 0.25) is 0 Å². The van der Waals surface area contributed by atoms with E-state index in [-0.39, 0.29) is 12.0 Å². The fourth-order valence-corrected chi connectivity index (χ4v) is 3.21. The number of hydrogen-bond acceptors (Lipinski definition) is 3. The Kier molecular flexibility index (Phi) is 4.59. The molecule has 2 heterocycles. The first-order valence-electron chi connectivity index (χ1n) is 8.44. The molecule has 1 N–H and O–H groups in total. The van der Waals surface area contributed by atoms with Crippen LogP contribution in [0.4, 0.5) is 0 Å². The fourth-order valence-electron chi connectivity index (χ4n) is 3.09. The van der Waals surface area contributed by atoms with E-state index in [0.29, 0.717) is 17.1 Å². The Morgan fingerprint density at radius 1 is 1.12 bits per heavy atom. The van der Waals surface area contributed by atoms with Crippen LogP contribution in [0.15, 0.2) is 66.9 Å². The van der Waals surface area contributed by atoms with Crippen molar-refractivity contribution >= 4 is 17.5 Å². The van der Waals surface area contributed by atoms with Crippen molar-refractivity contribution in [1.29, 1.82) is 0 Å². The van der Waals surface area contributed by atoms with E-state index in [9.17, 15) is 4.79 Å². The van der Waals surface area contributed by atoms with Crippen molar-refractivity contribution in [2.75, 3.05) is 6.54 Å². The number of pyridine rings is 1. The van der Waals surface area contributed by atoms with Crippen LogP contribution >= 0.6 is 11.6 Å². The zero-order valence-electron chi connectivity index (χ0n) is 14.0. The predicted molar refractivity (Wildman–Crippen MR) is 102 cm³/mol. The molecule has 0 aliphatic carbocycles. The maximum atomic E-state index is 12.3. The van der Waals surface area contributed by atoms with Gasteiger partial charge in [0.25, 0.3) is 5.91 Å². The molecule has 4 nitrogen and oxygen atoms in total. The molecule has 5 heteroatoms. The van der Waals surface area contributed by atoms with Crippen LogP contribution in [-0.4, -0.2) is 23.5 Å². The molecule has 0 saturated heterocycles. The van der Waals surface area contributed by atoms with Gasteiger partial charge in [-0.05, 0) is 48.0 Å². The monoisotopic (exact) mass is 364 g/mol. The molecule has 26 heavy (non-hydrogen) atoms. The van der Waals surface area contributed by atoms with Gasteiger partial charge < -0.3 is 10.1 Å². The Morgan fingerprint density at radius 3 is 2.73 bits per heavy atom. The van der Waals surface area contributed by atoms with Crippen molar-refractivity contribution in [3.05, 3.63) is 83.0 Å². The second-order valence-electron chi connectivity index (χ2n) is 6.17. The molecule has 130 valence electrons. The molecule has 1 amide bonds. The number of carbonyl (C=O) groups is 1. The minimum Gasteiger partial charge on any atom is -0.487 e. The quantitative estimate of drug-likeness (QED) is 0.757. The smallest absolute Gasteiger partial charge is 0.251 e. The molecular formula is C21H17ClN2O2. The Labute approximate surface area is 156 Å². The Hall–Kier alpha value is -2.85. The highest BCUT2D eigenvalue weighted by Gasteiger charge is 2.26. The molecule has 1 aliphatic heterocycles. The minimum absolute atomic E-state index is 0.0916. The third-order valence-electron chi connectivity index (χ3n) is 4.37. The summed E-state index contributed by atoms with van der Waals surface area (Å²) >= 11 is 5.86. The van der Waals surface area contributed by atoms with Crippen LogP contribution in [0.5, 0.6) is 5.75 Å². The molecule has 0 fully saturated rings. The third-order valence-corrected chi connectivity index (χ3v) is 4.62. The fraction of sp³-hybridized carbons (Fsp3) is 0.143. The number of hydrogen-bond donors (Lipinski definition) is 1. The van der Waals surface area contributed by atoms with E-state index in [0.717, 1.165) is 29.0 Å². The first kappa shape index (κ1) is 16.6. The van der Waals surface area contributed by atoms with Crippen LogP contribution in [0.2, 0.25) is 5.02 Å². The lowest BCUT2D eigenvalue weighted by Gasteiger charge is -2.13. The normalized spacial score (nSPS) is 15.2. The van der Waals surface area contributed by atoms with E-state index in [1.165, 1.54) is 0 Å². The summed E-state index contributed by atoms with van der Waals surface area (Å²) in [5, 5.41) is 3.54. The summed E-state index contributed by atoms with van der Waals surface area (Å²) in [6.07, 6.45) is 2.44. The summed E-state index contributed by atoms with van der Waals surface area (Å²) in [5.74, 6) is 0.725. The zero-order valence-corrected chi connectivity index (χ0v) is 14.7. The first-order chi connectivity index (χ1) is 12.7. The second-order valence-corrected chi connectivity index (χ2v) is 6.61. The number of rotatable bonds is 4. The van der Waals surface area contributed by atoms with Gasteiger partial charge in [0, 0.05) is 28.8 Å². The van der Waals surface area contributed by atoms with Gasteiger partial charge in [0.15, 0.2) is 0 Å². The average Bonchev–Trinajstić information content (AvgIpc) is 3.10. The van der Waals surface area contributed by atoms with E-state index in [2.05, 4.69) is 16.4 Å². The Bertz CT molecular complexity index is 927. The summed E-state index contributed by atoms with van der Waals surface area (Å²) in [6, 6.07) is 18.7. The van der Waals surface area contributed by atoms with Crippen molar-refractivity contribution < 1.29 is 9.53 Å². The number of carbonyl (C=O) groups excluding carboxylic acids is 1. The largest absolute Gasteiger partial charge is 0.487 e. The minimum atomic E-state index is -0.133. The maximum absolute atomic E-state index is 12.3. The molecule has 1 unspecified atom stereocenters. The van der Waals surface area contributed by atoms with Crippen molar-refractivity contribution in [2.24, 2.45) is 0 Å². The predicted octanol–water partition coefficient (Wildman–Crippen LogP) is 4.14. The highest BCUT2D eigenvalue weighted by atomic mass is 35.5. The van der Waals surface area contributed by atoms with Crippen molar-refractivity contribution in [1.82, 2.24) is 10.3 Å². The maximum Gasteiger partial charge on any atom is 0.251 e. The van der Waals surface area contributed by atoms with E-state index in [1.54, 1.807) is 30.5 Å². The van der Waals surface area contributed by atoms with Crippen LogP contribution in [0.1, 0.15) is 15.9 Å². The molecule has 1 atom stereocenters. The van der Waals surface area contributed by atoms with Gasteiger partial charge in [0.1, 0.15) is 11.9 Å². The summed E-state index contributed by atoms with van der Waals surface area (Å²) in [5.41, 5.74) is 3.59. The second kappa shape index (κ2) is 7.18. The van der Waals surface area contributed by atoms with Gasteiger partial charge in [-0.1, -0.05) is 29.8 Å². The number of para-hydroxylation sites is 1. The molecular weight excluding hydrogens is 348 g/mol. The number of benzene rings is 2. The standard InChI is InChI=1S/C21H17ClN2O2/c22-16-9-7-14(8-10-16)21(25)24-13-17-12-15-4-3-5-18(20(15)26-17)19-6-1-2-11-23-19/h1-11,17H,12-13H2,(H,24,25). The topological polar surface area (TPSA) is 51.2 Å². The van der Waals surface area contributed by atoms with E-state index >= 15 is 0 Å². The third kappa shape index (κ3) is 3.41. The molecule has 4 rings (SSSR count). The van der Waals surface area contributed by atoms with E-state index in [4.69, 9.17) is 16.3 Å². The molecule has 0 radical (unpaired) electrons. The molecule has 0 spiro atoms. The molecule has 0 bridgehead atoms. The molecule has 0 saturated carbocycles. The number of amides is 1. The summed E-state index contributed by atoms with van der Waals surface area (Å²) in [6.45, 7) is 0.442. The number of nitrogens with zero attached hydrogens (tertiary/aromatic N) is 1.